The summed E-state index contributed by atoms with van der Waals surface area (Å²) in [5.74, 6) is 0.747. The maximum Gasteiger partial charge on any atom is 0.276 e. The van der Waals surface area contributed by atoms with Gasteiger partial charge in [0.2, 0.25) is 0 Å². The number of aromatic nitrogens is 2. The molecule has 15 heavy (non-hydrogen) atoms. The first-order valence-corrected chi connectivity index (χ1v) is 4.71. The molecule has 0 aromatic carbocycles. The molecule has 0 radical (unpaired) electrons. The summed E-state index contributed by atoms with van der Waals surface area (Å²) in [6.45, 7) is 3.34. The fourth-order valence-electron chi connectivity index (χ4n) is 1.17. The van der Waals surface area contributed by atoms with Crippen LogP contribution in [0.3, 0.4) is 0 Å². The molecule has 0 aliphatic carbocycles. The van der Waals surface area contributed by atoms with E-state index < -0.39 is 0 Å². The molecule has 6 nitrogen and oxygen atoms in total. The second-order valence-corrected chi connectivity index (χ2v) is 3.44. The third kappa shape index (κ3) is 3.25. The smallest absolute Gasteiger partial charge is 0.276 e. The summed E-state index contributed by atoms with van der Waals surface area (Å²) < 4.78 is 4.99. The Bertz CT molecular complexity index is 363. The lowest BCUT2D eigenvalue weighted by molar-refractivity contribution is 0.164. The minimum Gasteiger partial charge on any atom is -0.391 e. The molecule has 0 aliphatic heterocycles. The fraction of sp³-hybridized carbons (Fsp3) is 0.556. The molecule has 0 bridgehead atoms. The average molecular weight is 212 g/mol. The van der Waals surface area contributed by atoms with Gasteiger partial charge in [0, 0.05) is 13.7 Å². The second kappa shape index (κ2) is 5.35. The lowest BCUT2D eigenvalue weighted by Gasteiger charge is -2.12. The van der Waals surface area contributed by atoms with Crippen molar-refractivity contribution in [2.45, 2.75) is 6.92 Å². The van der Waals surface area contributed by atoms with Gasteiger partial charge in [-0.05, 0) is 5.92 Å². The summed E-state index contributed by atoms with van der Waals surface area (Å²) in [7, 11) is 1.65. The van der Waals surface area contributed by atoms with Crippen molar-refractivity contribution >= 4 is 11.5 Å². The quantitative estimate of drug-likeness (QED) is 0.641. The third-order valence-electron chi connectivity index (χ3n) is 1.96. The van der Waals surface area contributed by atoms with E-state index in [-0.39, 0.29) is 11.2 Å². The van der Waals surface area contributed by atoms with Gasteiger partial charge in [0.05, 0.1) is 12.9 Å². The molecule has 1 atom stereocenters. The summed E-state index contributed by atoms with van der Waals surface area (Å²) in [5, 5.41) is 3.00. The number of anilines is 2. The first-order valence-electron chi connectivity index (χ1n) is 4.71. The Hall–Kier alpha value is -1.56. The van der Waals surface area contributed by atoms with Gasteiger partial charge in [0.1, 0.15) is 5.69 Å². The molecule has 1 aromatic rings. The Kier molecular flexibility index (Phi) is 4.11. The van der Waals surface area contributed by atoms with Crippen molar-refractivity contribution in [1.29, 1.82) is 0 Å². The van der Waals surface area contributed by atoms with E-state index in [0.29, 0.717) is 24.9 Å². The molecule has 1 heterocycles. The molecule has 84 valence electrons. The van der Waals surface area contributed by atoms with Crippen LogP contribution in [0.25, 0.3) is 0 Å². The van der Waals surface area contributed by atoms with E-state index in [2.05, 4.69) is 15.3 Å². The van der Waals surface area contributed by atoms with Crippen LogP contribution in [-0.4, -0.2) is 30.2 Å². The van der Waals surface area contributed by atoms with Crippen LogP contribution in [0.1, 0.15) is 6.92 Å². The van der Waals surface area contributed by atoms with Gasteiger partial charge in [-0.25, -0.2) is 4.98 Å². The first-order chi connectivity index (χ1) is 7.15. The number of H-pyrrole nitrogens is 1. The summed E-state index contributed by atoms with van der Waals surface area (Å²) in [6.07, 6.45) is 1.32. The van der Waals surface area contributed by atoms with E-state index in [9.17, 15) is 4.79 Å². The maximum absolute atomic E-state index is 11.1. The van der Waals surface area contributed by atoms with Gasteiger partial charge >= 0.3 is 0 Å². The number of nitrogens with zero attached hydrogens (tertiary/aromatic N) is 1. The number of aromatic amines is 1. The molecule has 0 saturated heterocycles. The summed E-state index contributed by atoms with van der Waals surface area (Å²) in [6, 6.07) is 0. The van der Waals surface area contributed by atoms with E-state index >= 15 is 0 Å². The molecule has 1 rings (SSSR count). The highest BCUT2D eigenvalue weighted by molar-refractivity contribution is 5.58. The van der Waals surface area contributed by atoms with Gasteiger partial charge in [-0.3, -0.25) is 4.79 Å². The zero-order valence-corrected chi connectivity index (χ0v) is 8.91. The Morgan fingerprint density at radius 2 is 2.47 bits per heavy atom. The zero-order chi connectivity index (χ0) is 11.3. The fourth-order valence-corrected chi connectivity index (χ4v) is 1.17. The molecule has 0 amide bonds. The van der Waals surface area contributed by atoms with Gasteiger partial charge in [-0.2, -0.15) is 0 Å². The van der Waals surface area contributed by atoms with Crippen molar-refractivity contribution < 1.29 is 4.74 Å². The van der Waals surface area contributed by atoms with Crippen LogP contribution in [-0.2, 0) is 4.74 Å². The van der Waals surface area contributed by atoms with Crippen molar-refractivity contribution in [2.24, 2.45) is 5.92 Å². The van der Waals surface area contributed by atoms with Crippen molar-refractivity contribution in [2.75, 3.05) is 31.3 Å². The Labute approximate surface area is 87.9 Å². The Morgan fingerprint density at radius 1 is 1.73 bits per heavy atom. The van der Waals surface area contributed by atoms with E-state index in [1.165, 1.54) is 6.33 Å². The maximum atomic E-state index is 11.1. The van der Waals surface area contributed by atoms with Crippen molar-refractivity contribution in [3.05, 3.63) is 16.7 Å². The zero-order valence-electron chi connectivity index (χ0n) is 8.91. The van der Waals surface area contributed by atoms with Crippen LogP contribution in [0, 0.1) is 5.92 Å². The number of nitrogens with one attached hydrogen (secondary N) is 2. The van der Waals surface area contributed by atoms with Crippen molar-refractivity contribution in [3.63, 3.8) is 0 Å². The van der Waals surface area contributed by atoms with Crippen molar-refractivity contribution in [3.8, 4) is 0 Å². The molecule has 6 heteroatoms. The van der Waals surface area contributed by atoms with Crippen LogP contribution in [0.15, 0.2) is 11.1 Å². The largest absolute Gasteiger partial charge is 0.391 e. The lowest BCUT2D eigenvalue weighted by Crippen LogP contribution is -2.20. The van der Waals surface area contributed by atoms with Crippen LogP contribution >= 0.6 is 0 Å². The molecule has 0 saturated carbocycles. The summed E-state index contributed by atoms with van der Waals surface area (Å²) in [4.78, 5) is 17.5. The van der Waals surface area contributed by atoms with Gasteiger partial charge in [0.15, 0.2) is 5.82 Å². The number of rotatable bonds is 5. The van der Waals surface area contributed by atoms with E-state index in [1.54, 1.807) is 7.11 Å². The van der Waals surface area contributed by atoms with E-state index in [1.807, 2.05) is 6.92 Å². The predicted molar refractivity (Wildman–Crippen MR) is 58.8 cm³/mol. The monoisotopic (exact) mass is 212 g/mol. The molecule has 1 aromatic heterocycles. The normalized spacial score (nSPS) is 12.4. The lowest BCUT2D eigenvalue weighted by atomic mass is 10.2. The highest BCUT2D eigenvalue weighted by Gasteiger charge is 2.06. The molecule has 1 unspecified atom stereocenters. The Balaban J connectivity index is 2.58. The van der Waals surface area contributed by atoms with Crippen LogP contribution < -0.4 is 16.6 Å². The Morgan fingerprint density at radius 3 is 3.13 bits per heavy atom. The van der Waals surface area contributed by atoms with Crippen molar-refractivity contribution in [1.82, 2.24) is 9.97 Å². The minimum absolute atomic E-state index is 0.113. The van der Waals surface area contributed by atoms with Crippen LogP contribution in [0.2, 0.25) is 0 Å². The van der Waals surface area contributed by atoms with E-state index in [0.717, 1.165) is 0 Å². The molecular weight excluding hydrogens is 196 g/mol. The highest BCUT2D eigenvalue weighted by Crippen LogP contribution is 2.08. The number of methoxy groups -OCH3 is 1. The molecule has 0 spiro atoms. The molecule has 0 fully saturated rings. The minimum atomic E-state index is -0.327. The van der Waals surface area contributed by atoms with Gasteiger partial charge < -0.3 is 20.8 Å². The SMILES string of the molecule is COCC(C)CNc1nc[nH]c(=O)c1N. The number of nitrogen functional groups attached to an aromatic ring is 1. The topological polar surface area (TPSA) is 93.0 Å². The highest BCUT2D eigenvalue weighted by atomic mass is 16.5. The second-order valence-electron chi connectivity index (χ2n) is 3.44. The number of nitrogens with two attached hydrogens (primary N) is 1. The number of ether oxygens (including phenoxy) is 1. The van der Waals surface area contributed by atoms with Crippen LogP contribution in [0.5, 0.6) is 0 Å². The third-order valence-corrected chi connectivity index (χ3v) is 1.96. The molecule has 4 N–H and O–H groups in total. The first kappa shape index (κ1) is 11.5. The molecule has 0 aliphatic rings. The number of hydrogen-bond acceptors (Lipinski definition) is 5. The van der Waals surface area contributed by atoms with Gasteiger partial charge in [-0.15, -0.1) is 0 Å². The molecular formula is C9H16N4O2. The summed E-state index contributed by atoms with van der Waals surface area (Å²) >= 11 is 0. The number of hydrogen-bond donors (Lipinski definition) is 3. The van der Waals surface area contributed by atoms with Crippen LogP contribution in [0.4, 0.5) is 11.5 Å². The van der Waals surface area contributed by atoms with E-state index in [4.69, 9.17) is 10.5 Å². The summed E-state index contributed by atoms with van der Waals surface area (Å²) in [5.41, 5.74) is 5.33. The predicted octanol–water partition coefficient (Wildman–Crippen LogP) is 0.0465. The van der Waals surface area contributed by atoms with Gasteiger partial charge in [-0.1, -0.05) is 6.92 Å². The standard InChI is InChI=1S/C9H16N4O2/c1-6(4-15-2)3-11-8-7(10)9(14)13-5-12-8/h5-6H,3-4,10H2,1-2H3,(H2,11,12,13,14). The van der Waals surface area contributed by atoms with Gasteiger partial charge in [0.25, 0.3) is 5.56 Å². The average Bonchev–Trinajstić information content (AvgIpc) is 2.21.